The lowest BCUT2D eigenvalue weighted by Crippen LogP contribution is -2.61. The van der Waals surface area contributed by atoms with E-state index >= 15 is 0 Å². The molecular formula is C29H49N5O7. The number of rotatable bonds is 12. The van der Waals surface area contributed by atoms with E-state index in [0.717, 1.165) is 19.3 Å². The number of carbonyl (C=O) groups is 6. The third kappa shape index (κ3) is 8.65. The van der Waals surface area contributed by atoms with E-state index in [-0.39, 0.29) is 36.8 Å². The van der Waals surface area contributed by atoms with Crippen LogP contribution in [0.15, 0.2) is 0 Å². The first-order valence-electron chi connectivity index (χ1n) is 14.7. The summed E-state index contributed by atoms with van der Waals surface area (Å²) >= 11 is 0. The summed E-state index contributed by atoms with van der Waals surface area (Å²) in [6.07, 6.45) is 3.17. The second-order valence-corrected chi connectivity index (χ2v) is 13.0. The summed E-state index contributed by atoms with van der Waals surface area (Å²) in [4.78, 5) is 78.8. The fraction of sp³-hybridized carbons (Fsp3) is 0.793. The first-order valence-corrected chi connectivity index (χ1v) is 14.7. The van der Waals surface area contributed by atoms with Crippen molar-refractivity contribution in [3.8, 4) is 0 Å². The van der Waals surface area contributed by atoms with Crippen molar-refractivity contribution in [3.05, 3.63) is 0 Å². The van der Waals surface area contributed by atoms with Gasteiger partial charge >= 0.3 is 12.0 Å². The highest BCUT2D eigenvalue weighted by Crippen LogP contribution is 2.34. The minimum Gasteiger partial charge on any atom is -0.464 e. The van der Waals surface area contributed by atoms with Crippen LogP contribution in [0.4, 0.5) is 4.79 Å². The van der Waals surface area contributed by atoms with Crippen LogP contribution in [-0.2, 0) is 28.7 Å². The number of hydrogen-bond acceptors (Lipinski definition) is 7. The summed E-state index contributed by atoms with van der Waals surface area (Å²) in [6, 6.07) is -4.63. The van der Waals surface area contributed by atoms with Gasteiger partial charge in [-0.3, -0.25) is 19.2 Å². The Labute approximate surface area is 243 Å². The Morgan fingerprint density at radius 2 is 1.61 bits per heavy atom. The van der Waals surface area contributed by atoms with Gasteiger partial charge in [-0.15, -0.1) is 0 Å². The van der Waals surface area contributed by atoms with Gasteiger partial charge in [-0.2, -0.15) is 0 Å². The standard InChI is InChI=1S/C29H49N5O7/c1-9-41-27(39)20(15(2)3)32-28(40)33-23(29(6,7)8)26(38)34-14-16(4)17(5)21(34)25(37)31-19(22(35)24(30)36)13-18-11-10-12-18/h15-21,23H,9-14H2,1-8H3,(H2,30,36)(H,31,37)(H2,32,33,40)/t16-,17?,19?,20?,21-,23?/m0/s1. The number of nitrogens with one attached hydrogen (secondary N) is 3. The van der Waals surface area contributed by atoms with E-state index in [1.807, 2.05) is 13.8 Å². The molecule has 5 amide bonds. The van der Waals surface area contributed by atoms with Gasteiger partial charge in [-0.1, -0.05) is 67.7 Å². The van der Waals surface area contributed by atoms with Crippen LogP contribution in [0.25, 0.3) is 0 Å². The number of esters is 1. The number of hydrogen-bond donors (Lipinski definition) is 4. The number of carbonyl (C=O) groups excluding carboxylic acids is 6. The molecule has 0 aromatic heterocycles. The van der Waals surface area contributed by atoms with E-state index in [1.54, 1.807) is 41.5 Å². The molecule has 1 aliphatic carbocycles. The Morgan fingerprint density at radius 3 is 2.07 bits per heavy atom. The highest BCUT2D eigenvalue weighted by Gasteiger charge is 2.48. The Bertz CT molecular complexity index is 1000. The van der Waals surface area contributed by atoms with Crippen molar-refractivity contribution >= 4 is 35.5 Å². The van der Waals surface area contributed by atoms with Crippen molar-refractivity contribution in [2.24, 2.45) is 34.8 Å². The predicted molar refractivity (Wildman–Crippen MR) is 152 cm³/mol. The summed E-state index contributed by atoms with van der Waals surface area (Å²) in [5.41, 5.74) is 4.52. The molecule has 232 valence electrons. The molecule has 41 heavy (non-hydrogen) atoms. The zero-order valence-electron chi connectivity index (χ0n) is 25.7. The SMILES string of the molecule is CCOC(=O)C(NC(=O)NC(C(=O)N1C[C@H](C)C(C)[C@H]1C(=O)NC(CC1CCC1)C(=O)C(N)=O)C(C)(C)C)C(C)C. The Morgan fingerprint density at radius 1 is 1.00 bits per heavy atom. The van der Waals surface area contributed by atoms with E-state index in [2.05, 4.69) is 16.0 Å². The molecule has 0 spiro atoms. The molecule has 5 N–H and O–H groups in total. The van der Waals surface area contributed by atoms with Gasteiger partial charge in [0.15, 0.2) is 0 Å². The van der Waals surface area contributed by atoms with Crippen molar-refractivity contribution in [2.75, 3.05) is 13.2 Å². The Hall–Kier alpha value is -3.18. The molecule has 1 heterocycles. The summed E-state index contributed by atoms with van der Waals surface area (Å²) in [6.45, 7) is 14.8. The van der Waals surface area contributed by atoms with Crippen LogP contribution < -0.4 is 21.7 Å². The maximum absolute atomic E-state index is 14.0. The molecule has 2 fully saturated rings. The molecule has 1 saturated heterocycles. The van der Waals surface area contributed by atoms with Gasteiger partial charge in [0.05, 0.1) is 12.6 Å². The molecule has 0 aromatic carbocycles. The minimum atomic E-state index is -1.11. The summed E-state index contributed by atoms with van der Waals surface area (Å²) in [5.74, 6) is -3.87. The highest BCUT2D eigenvalue weighted by atomic mass is 16.5. The Kier molecular flexibility index (Phi) is 11.7. The third-order valence-corrected chi connectivity index (χ3v) is 8.32. The van der Waals surface area contributed by atoms with Gasteiger partial charge in [0.25, 0.3) is 5.91 Å². The quantitative estimate of drug-likeness (QED) is 0.200. The van der Waals surface area contributed by atoms with Crippen molar-refractivity contribution in [1.29, 1.82) is 0 Å². The lowest BCUT2D eigenvalue weighted by molar-refractivity contribution is -0.146. The van der Waals surface area contributed by atoms with Gasteiger partial charge in [-0.25, -0.2) is 9.59 Å². The summed E-state index contributed by atoms with van der Waals surface area (Å²) in [7, 11) is 0. The third-order valence-electron chi connectivity index (χ3n) is 8.32. The molecule has 12 nitrogen and oxygen atoms in total. The molecule has 1 saturated carbocycles. The highest BCUT2D eigenvalue weighted by molar-refractivity contribution is 6.37. The van der Waals surface area contributed by atoms with Gasteiger partial charge in [0.1, 0.15) is 18.1 Å². The summed E-state index contributed by atoms with van der Waals surface area (Å²) < 4.78 is 5.08. The van der Waals surface area contributed by atoms with Gasteiger partial charge < -0.3 is 31.3 Å². The maximum atomic E-state index is 14.0. The van der Waals surface area contributed by atoms with Gasteiger partial charge in [0.2, 0.25) is 17.6 Å². The maximum Gasteiger partial charge on any atom is 0.328 e. The number of amides is 5. The fourth-order valence-electron chi connectivity index (χ4n) is 5.37. The second kappa shape index (κ2) is 14.1. The van der Waals surface area contributed by atoms with Crippen LogP contribution in [0, 0.1) is 29.1 Å². The minimum absolute atomic E-state index is 0.0461. The zero-order chi connectivity index (χ0) is 31.2. The number of ketones is 1. The van der Waals surface area contributed by atoms with Crippen molar-refractivity contribution in [1.82, 2.24) is 20.9 Å². The molecular weight excluding hydrogens is 530 g/mol. The number of urea groups is 1. The van der Waals surface area contributed by atoms with Crippen LogP contribution in [0.1, 0.15) is 81.1 Å². The lowest BCUT2D eigenvalue weighted by Gasteiger charge is -2.37. The van der Waals surface area contributed by atoms with Crippen LogP contribution >= 0.6 is 0 Å². The normalized spacial score (nSPS) is 23.1. The molecule has 0 aromatic rings. The van der Waals surface area contributed by atoms with E-state index in [9.17, 15) is 28.8 Å². The second-order valence-electron chi connectivity index (χ2n) is 13.0. The van der Waals surface area contributed by atoms with Crippen molar-refractivity contribution in [2.45, 2.75) is 105 Å². The van der Waals surface area contributed by atoms with Crippen LogP contribution in [-0.4, -0.2) is 77.7 Å². The van der Waals surface area contributed by atoms with E-state index < -0.39 is 65.1 Å². The van der Waals surface area contributed by atoms with Gasteiger partial charge in [-0.05, 0) is 42.4 Å². The largest absolute Gasteiger partial charge is 0.464 e. The monoisotopic (exact) mass is 579 g/mol. The van der Waals surface area contributed by atoms with E-state index in [0.29, 0.717) is 6.42 Å². The van der Waals surface area contributed by atoms with E-state index in [4.69, 9.17) is 10.5 Å². The molecule has 2 aliphatic rings. The van der Waals surface area contributed by atoms with Crippen LogP contribution in [0.3, 0.4) is 0 Å². The van der Waals surface area contributed by atoms with E-state index in [1.165, 1.54) is 4.90 Å². The van der Waals surface area contributed by atoms with Crippen molar-refractivity contribution in [3.63, 3.8) is 0 Å². The lowest BCUT2D eigenvalue weighted by atomic mass is 9.80. The molecule has 6 atom stereocenters. The number of nitrogens with zero attached hydrogens (tertiary/aromatic N) is 1. The number of likely N-dealkylation sites (tertiary alicyclic amines) is 1. The van der Waals surface area contributed by atoms with Crippen molar-refractivity contribution < 1.29 is 33.5 Å². The first kappa shape index (κ1) is 34.0. The smallest absolute Gasteiger partial charge is 0.328 e. The number of ether oxygens (including phenoxy) is 1. The average molecular weight is 580 g/mol. The number of primary amides is 1. The molecule has 1 aliphatic heterocycles. The average Bonchev–Trinajstić information content (AvgIpc) is 3.14. The number of Topliss-reactive ketones (excluding diaryl/α,β-unsaturated/α-hetero) is 1. The molecule has 12 heteroatoms. The topological polar surface area (TPSA) is 177 Å². The Balaban J connectivity index is 2.27. The molecule has 0 radical (unpaired) electrons. The van der Waals surface area contributed by atoms with Crippen LogP contribution in [0.5, 0.6) is 0 Å². The number of nitrogens with two attached hydrogens (primary N) is 1. The first-order chi connectivity index (χ1) is 19.0. The molecule has 2 rings (SSSR count). The zero-order valence-corrected chi connectivity index (χ0v) is 25.7. The van der Waals surface area contributed by atoms with Crippen LogP contribution in [0.2, 0.25) is 0 Å². The molecule has 4 unspecified atom stereocenters. The fourth-order valence-corrected chi connectivity index (χ4v) is 5.37. The summed E-state index contributed by atoms with van der Waals surface area (Å²) in [5, 5.41) is 8.07. The predicted octanol–water partition coefficient (Wildman–Crippen LogP) is 1.50. The van der Waals surface area contributed by atoms with Gasteiger partial charge in [0, 0.05) is 6.54 Å². The molecule has 0 bridgehead atoms.